The highest BCUT2D eigenvalue weighted by molar-refractivity contribution is 6.02. The molecule has 0 bridgehead atoms. The fourth-order valence-corrected chi connectivity index (χ4v) is 3.47. The third kappa shape index (κ3) is 4.89. The monoisotopic (exact) mass is 392 g/mol. The number of unbranched alkanes of at least 4 members (excludes halogenated alkanes) is 2. The molecule has 0 aliphatic carbocycles. The Morgan fingerprint density at radius 1 is 1.00 bits per heavy atom. The van der Waals surface area contributed by atoms with Crippen LogP contribution in [0.5, 0.6) is 5.75 Å². The maximum absolute atomic E-state index is 12.0. The Kier molecular flexibility index (Phi) is 7.12. The van der Waals surface area contributed by atoms with Crippen molar-refractivity contribution < 1.29 is 18.7 Å². The van der Waals surface area contributed by atoms with Gasteiger partial charge in [0.15, 0.2) is 0 Å². The lowest BCUT2D eigenvalue weighted by Gasteiger charge is -2.08. The predicted octanol–water partition coefficient (Wildman–Crippen LogP) is 4.56. The molecule has 0 saturated carbocycles. The fraction of sp³-hybridized carbons (Fsp3) is 0.320. The molecule has 4 heteroatoms. The maximum atomic E-state index is 12.0. The second-order valence-electron chi connectivity index (χ2n) is 6.90. The molecule has 0 amide bonds. The van der Waals surface area contributed by atoms with Gasteiger partial charge in [0.05, 0.1) is 19.8 Å². The summed E-state index contributed by atoms with van der Waals surface area (Å²) in [6, 6.07) is 16.0. The number of ether oxygens (including phenoxy) is 2. The summed E-state index contributed by atoms with van der Waals surface area (Å²) >= 11 is 0. The summed E-state index contributed by atoms with van der Waals surface area (Å²) in [6.45, 7) is 4.32. The first-order valence-corrected chi connectivity index (χ1v) is 10.2. The molecule has 0 atom stereocenters. The lowest BCUT2D eigenvalue weighted by Crippen LogP contribution is -2.09. The van der Waals surface area contributed by atoms with E-state index in [-0.39, 0.29) is 0 Å². The van der Waals surface area contributed by atoms with E-state index in [1.807, 2.05) is 36.4 Å². The number of methoxy groups -OCH3 is 1. The highest BCUT2D eigenvalue weighted by Crippen LogP contribution is 2.23. The van der Waals surface area contributed by atoms with Crippen LogP contribution in [0.3, 0.4) is 0 Å². The molecule has 0 aliphatic rings. The van der Waals surface area contributed by atoms with Gasteiger partial charge in [-0.2, -0.15) is 0 Å². The van der Waals surface area contributed by atoms with E-state index in [1.54, 1.807) is 14.0 Å². The fourth-order valence-electron chi connectivity index (χ4n) is 3.47. The molecule has 0 N–H and O–H groups in total. The number of furan rings is 1. The summed E-state index contributed by atoms with van der Waals surface area (Å²) in [6.07, 6.45) is 5.71. The first kappa shape index (κ1) is 20.7. The van der Waals surface area contributed by atoms with Crippen LogP contribution in [-0.2, 0) is 9.53 Å². The van der Waals surface area contributed by atoms with Crippen LogP contribution in [0.2, 0.25) is 0 Å². The van der Waals surface area contributed by atoms with E-state index in [9.17, 15) is 4.79 Å². The van der Waals surface area contributed by atoms with Crippen molar-refractivity contribution >= 4 is 28.4 Å². The first-order valence-electron chi connectivity index (χ1n) is 10.2. The van der Waals surface area contributed by atoms with Crippen molar-refractivity contribution in [1.29, 1.82) is 0 Å². The van der Waals surface area contributed by atoms with E-state index in [4.69, 9.17) is 13.9 Å². The number of hydrogen-bond acceptors (Lipinski definition) is 4. The third-order valence-corrected chi connectivity index (χ3v) is 4.93. The van der Waals surface area contributed by atoms with Crippen LogP contribution in [0, 0.1) is 0 Å². The quantitative estimate of drug-likeness (QED) is 0.416. The number of carbonyl (C=O) groups excluding carboxylic acids is 1. The lowest BCUT2D eigenvalue weighted by molar-refractivity contribution is -0.135. The van der Waals surface area contributed by atoms with Gasteiger partial charge in [0.2, 0.25) is 0 Å². The Labute approximate surface area is 171 Å². The summed E-state index contributed by atoms with van der Waals surface area (Å²) in [5.41, 5.74) is 3.60. The molecule has 152 valence electrons. The minimum Gasteiger partial charge on any atom is -0.497 e. The molecule has 0 saturated heterocycles. The van der Waals surface area contributed by atoms with Crippen LogP contribution in [0.1, 0.15) is 45.1 Å². The summed E-state index contributed by atoms with van der Waals surface area (Å²) in [5.74, 6) is 0.429. The van der Waals surface area contributed by atoms with E-state index >= 15 is 0 Å². The smallest absolute Gasteiger partial charge is 0.334 e. The van der Waals surface area contributed by atoms with Gasteiger partial charge in [0, 0.05) is 16.3 Å². The second-order valence-corrected chi connectivity index (χ2v) is 6.90. The Morgan fingerprint density at radius 2 is 1.72 bits per heavy atom. The highest BCUT2D eigenvalue weighted by Gasteiger charge is 2.12. The first-order chi connectivity index (χ1) is 14.2. The van der Waals surface area contributed by atoms with Crippen molar-refractivity contribution in [2.75, 3.05) is 13.7 Å². The zero-order valence-electron chi connectivity index (χ0n) is 17.4. The molecule has 1 heterocycles. The second kappa shape index (κ2) is 9.97. The molecule has 0 radical (unpaired) electrons. The van der Waals surface area contributed by atoms with Gasteiger partial charge in [-0.05, 0) is 37.5 Å². The van der Waals surface area contributed by atoms with Gasteiger partial charge in [0.25, 0.3) is 0 Å². The Hall–Kier alpha value is -3.01. The molecule has 3 aromatic rings. The van der Waals surface area contributed by atoms with Crippen molar-refractivity contribution in [3.05, 3.63) is 64.9 Å². The van der Waals surface area contributed by atoms with Gasteiger partial charge in [-0.15, -0.1) is 0 Å². The van der Waals surface area contributed by atoms with E-state index < -0.39 is 5.97 Å². The number of benzene rings is 2. The highest BCUT2D eigenvalue weighted by atomic mass is 16.5. The van der Waals surface area contributed by atoms with Gasteiger partial charge < -0.3 is 13.9 Å². The van der Waals surface area contributed by atoms with E-state index in [2.05, 4.69) is 19.1 Å². The van der Waals surface area contributed by atoms with E-state index in [1.165, 1.54) is 6.08 Å². The molecule has 29 heavy (non-hydrogen) atoms. The normalized spacial score (nSPS) is 12.9. The molecule has 2 aromatic carbocycles. The van der Waals surface area contributed by atoms with Gasteiger partial charge in [-0.25, -0.2) is 4.79 Å². The number of carbonyl (C=O) groups is 1. The Morgan fingerprint density at radius 3 is 2.38 bits per heavy atom. The number of fused-ring (bicyclic) bond motifs is 1. The van der Waals surface area contributed by atoms with Gasteiger partial charge in [-0.1, -0.05) is 56.2 Å². The molecule has 1 aromatic heterocycles. The van der Waals surface area contributed by atoms with Gasteiger partial charge in [-0.3, -0.25) is 0 Å². The zero-order valence-corrected chi connectivity index (χ0v) is 17.4. The van der Waals surface area contributed by atoms with Crippen molar-refractivity contribution in [2.24, 2.45) is 0 Å². The van der Waals surface area contributed by atoms with Crippen molar-refractivity contribution in [3.8, 4) is 5.75 Å². The molecule has 4 nitrogen and oxygen atoms in total. The summed E-state index contributed by atoms with van der Waals surface area (Å²) in [5, 5.41) is 1.92. The average molecular weight is 392 g/mol. The van der Waals surface area contributed by atoms with Crippen LogP contribution >= 0.6 is 0 Å². The molecular weight excluding hydrogens is 364 g/mol. The number of hydrogen-bond donors (Lipinski definition) is 0. The molecule has 0 spiro atoms. The van der Waals surface area contributed by atoms with Crippen LogP contribution < -0.4 is 15.6 Å². The summed E-state index contributed by atoms with van der Waals surface area (Å²) in [4.78, 5) is 12.0. The SMILES string of the molecule is CCCCC/C(c1ccc(OC)cc1)=c1/o/c(=C\C(=O)OCC)c2ccccc12. The van der Waals surface area contributed by atoms with E-state index in [0.29, 0.717) is 12.0 Å². The Bertz CT molecular complexity index is 1070. The topological polar surface area (TPSA) is 48.7 Å². The number of esters is 1. The summed E-state index contributed by atoms with van der Waals surface area (Å²) in [7, 11) is 1.67. The molecule has 3 rings (SSSR count). The average Bonchev–Trinajstić information content (AvgIpc) is 3.10. The van der Waals surface area contributed by atoms with Crippen molar-refractivity contribution in [2.45, 2.75) is 39.5 Å². The lowest BCUT2D eigenvalue weighted by atomic mass is 9.98. The molecule has 0 unspecified atom stereocenters. The van der Waals surface area contributed by atoms with E-state index in [0.717, 1.165) is 58.8 Å². The molecule has 0 aliphatic heterocycles. The van der Waals surface area contributed by atoms with Crippen LogP contribution in [0.25, 0.3) is 22.4 Å². The van der Waals surface area contributed by atoms with Crippen LogP contribution in [-0.4, -0.2) is 19.7 Å². The summed E-state index contributed by atoms with van der Waals surface area (Å²) < 4.78 is 16.6. The third-order valence-electron chi connectivity index (χ3n) is 4.93. The van der Waals surface area contributed by atoms with Gasteiger partial charge >= 0.3 is 5.97 Å². The minimum absolute atomic E-state index is 0.334. The Balaban J connectivity index is 2.24. The standard InChI is InChI=1S/C25H28O4/c1-4-6-7-10-20(18-13-15-19(27-3)16-14-18)25-22-12-9-8-11-21(22)23(29-25)17-24(26)28-5-2/h8-9,11-17H,4-7,10H2,1-3H3/b23-17-,25-20-. The van der Waals surface area contributed by atoms with Crippen molar-refractivity contribution in [1.82, 2.24) is 0 Å². The zero-order chi connectivity index (χ0) is 20.6. The van der Waals surface area contributed by atoms with Crippen LogP contribution in [0.15, 0.2) is 52.9 Å². The maximum Gasteiger partial charge on any atom is 0.334 e. The largest absolute Gasteiger partial charge is 0.497 e. The van der Waals surface area contributed by atoms with Gasteiger partial charge in [0.1, 0.15) is 16.6 Å². The number of rotatable bonds is 8. The molecular formula is C25H28O4. The predicted molar refractivity (Wildman–Crippen MR) is 116 cm³/mol. The molecule has 0 fully saturated rings. The van der Waals surface area contributed by atoms with Crippen molar-refractivity contribution in [3.63, 3.8) is 0 Å². The minimum atomic E-state index is -0.393. The van der Waals surface area contributed by atoms with Crippen LogP contribution in [0.4, 0.5) is 0 Å².